The Labute approximate surface area is 252 Å². The second-order valence-electron chi connectivity index (χ2n) is 9.57. The van der Waals surface area contributed by atoms with E-state index in [0.29, 0.717) is 41.2 Å². The van der Waals surface area contributed by atoms with Crippen LogP contribution in [0.15, 0.2) is 82.8 Å². The van der Waals surface area contributed by atoms with E-state index in [2.05, 4.69) is 20.8 Å². The number of sulfonamides is 1. The van der Waals surface area contributed by atoms with Crippen molar-refractivity contribution >= 4 is 39.3 Å². The molecule has 43 heavy (non-hydrogen) atoms. The molecule has 1 aliphatic heterocycles. The van der Waals surface area contributed by atoms with Crippen LogP contribution in [0.5, 0.6) is 5.75 Å². The molecule has 5 rings (SSSR count). The standard InChI is InChI=1S/C29H29FN6O5S2/c1-41-25-7-3-2-6-24(25)36-26(33-34-29(36)42-19-27(37)32-22-12-10-21(30)11-13-22)18-31-28(38)20-8-14-23(15-9-20)43(39,40)35-16-4-5-17-35/h2-3,6-15H,4-5,16-19H2,1H3,(H,31,38)(H,32,37). The van der Waals surface area contributed by atoms with Gasteiger partial charge in [0, 0.05) is 24.3 Å². The molecule has 2 heterocycles. The van der Waals surface area contributed by atoms with Gasteiger partial charge in [0.1, 0.15) is 11.6 Å². The summed E-state index contributed by atoms with van der Waals surface area (Å²) in [6.07, 6.45) is 1.67. The van der Waals surface area contributed by atoms with E-state index in [-0.39, 0.29) is 28.7 Å². The van der Waals surface area contributed by atoms with Crippen molar-refractivity contribution in [3.05, 3.63) is 90.0 Å². The summed E-state index contributed by atoms with van der Waals surface area (Å²) >= 11 is 1.13. The van der Waals surface area contributed by atoms with E-state index in [4.69, 9.17) is 4.74 Å². The summed E-state index contributed by atoms with van der Waals surface area (Å²) in [4.78, 5) is 25.7. The van der Waals surface area contributed by atoms with Gasteiger partial charge in [-0.25, -0.2) is 12.8 Å². The summed E-state index contributed by atoms with van der Waals surface area (Å²) in [6, 6.07) is 18.5. The molecular weight excluding hydrogens is 595 g/mol. The highest BCUT2D eigenvalue weighted by Crippen LogP contribution is 2.29. The third-order valence-electron chi connectivity index (χ3n) is 6.71. The summed E-state index contributed by atoms with van der Waals surface area (Å²) in [6.45, 7) is 0.980. The SMILES string of the molecule is COc1ccccc1-n1c(CNC(=O)c2ccc(S(=O)(=O)N3CCCC3)cc2)nnc1SCC(=O)Nc1ccc(F)cc1. The Morgan fingerprint density at radius 3 is 2.37 bits per heavy atom. The third-order valence-corrected chi connectivity index (χ3v) is 9.55. The van der Waals surface area contributed by atoms with Crippen LogP contribution in [-0.4, -0.2) is 65.3 Å². The normalized spacial score (nSPS) is 13.5. The highest BCUT2D eigenvalue weighted by Gasteiger charge is 2.27. The van der Waals surface area contributed by atoms with Crippen LogP contribution in [0.1, 0.15) is 29.0 Å². The highest BCUT2D eigenvalue weighted by atomic mass is 32.2. The molecule has 0 spiro atoms. The van der Waals surface area contributed by atoms with Gasteiger partial charge in [0.25, 0.3) is 5.91 Å². The van der Waals surface area contributed by atoms with Gasteiger partial charge in [-0.3, -0.25) is 14.2 Å². The van der Waals surface area contributed by atoms with Crippen LogP contribution in [0.2, 0.25) is 0 Å². The van der Waals surface area contributed by atoms with Gasteiger partial charge >= 0.3 is 0 Å². The Morgan fingerprint density at radius 2 is 1.67 bits per heavy atom. The number of amides is 2. The Morgan fingerprint density at radius 1 is 0.977 bits per heavy atom. The van der Waals surface area contributed by atoms with Crippen molar-refractivity contribution in [2.24, 2.45) is 0 Å². The van der Waals surface area contributed by atoms with E-state index < -0.39 is 21.7 Å². The molecule has 0 atom stereocenters. The summed E-state index contributed by atoms with van der Waals surface area (Å²) in [5.41, 5.74) is 1.36. The lowest BCUT2D eigenvalue weighted by Crippen LogP contribution is -2.28. The van der Waals surface area contributed by atoms with Gasteiger partial charge in [-0.1, -0.05) is 23.9 Å². The maximum atomic E-state index is 13.2. The fourth-order valence-electron chi connectivity index (χ4n) is 4.54. The number of benzene rings is 3. The summed E-state index contributed by atoms with van der Waals surface area (Å²) in [5, 5.41) is 14.4. The quantitative estimate of drug-likeness (QED) is 0.240. The monoisotopic (exact) mass is 624 g/mol. The maximum absolute atomic E-state index is 13.2. The number of rotatable bonds is 11. The Bertz CT molecular complexity index is 1710. The van der Waals surface area contributed by atoms with Crippen molar-refractivity contribution in [3.63, 3.8) is 0 Å². The first-order valence-electron chi connectivity index (χ1n) is 13.4. The molecule has 0 aliphatic carbocycles. The van der Waals surface area contributed by atoms with Gasteiger partial charge in [0.2, 0.25) is 15.9 Å². The van der Waals surface area contributed by atoms with E-state index >= 15 is 0 Å². The molecule has 0 unspecified atom stereocenters. The molecule has 0 saturated carbocycles. The minimum Gasteiger partial charge on any atom is -0.495 e. The fraction of sp³-hybridized carbons (Fsp3) is 0.241. The molecule has 0 bridgehead atoms. The minimum atomic E-state index is -3.59. The van der Waals surface area contributed by atoms with Crippen LogP contribution in [0.3, 0.4) is 0 Å². The number of halogens is 1. The van der Waals surface area contributed by atoms with Gasteiger partial charge in [-0.15, -0.1) is 10.2 Å². The number of hydrogen-bond acceptors (Lipinski definition) is 8. The third kappa shape index (κ3) is 7.04. The molecule has 2 N–H and O–H groups in total. The van der Waals surface area contributed by atoms with Crippen LogP contribution in [-0.2, 0) is 21.4 Å². The molecule has 3 aromatic carbocycles. The van der Waals surface area contributed by atoms with Gasteiger partial charge in [0.05, 0.1) is 30.0 Å². The Kier molecular flexibility index (Phi) is 9.38. The maximum Gasteiger partial charge on any atom is 0.251 e. The predicted molar refractivity (Wildman–Crippen MR) is 159 cm³/mol. The molecule has 1 fully saturated rings. The largest absolute Gasteiger partial charge is 0.495 e. The average Bonchev–Trinajstić information content (AvgIpc) is 3.71. The van der Waals surface area contributed by atoms with E-state index in [9.17, 15) is 22.4 Å². The first kappa shape index (κ1) is 30.2. The number of nitrogens with one attached hydrogen (secondary N) is 2. The van der Waals surface area contributed by atoms with Crippen LogP contribution in [0.25, 0.3) is 5.69 Å². The average molecular weight is 625 g/mol. The van der Waals surface area contributed by atoms with E-state index in [1.54, 1.807) is 16.7 Å². The number of ether oxygens (including phenoxy) is 1. The van der Waals surface area contributed by atoms with Crippen LogP contribution in [0, 0.1) is 5.82 Å². The Balaban J connectivity index is 1.30. The minimum absolute atomic E-state index is 0.0102. The summed E-state index contributed by atoms with van der Waals surface area (Å²) in [5.74, 6) is -0.248. The van der Waals surface area contributed by atoms with Gasteiger partial charge in [-0.05, 0) is 73.5 Å². The zero-order valence-electron chi connectivity index (χ0n) is 23.2. The molecule has 2 amide bonds. The first-order chi connectivity index (χ1) is 20.8. The summed E-state index contributed by atoms with van der Waals surface area (Å²) < 4.78 is 47.5. The van der Waals surface area contributed by atoms with Gasteiger partial charge in [0.15, 0.2) is 11.0 Å². The Hall–Kier alpha value is -4.27. The van der Waals surface area contributed by atoms with Crippen molar-refractivity contribution in [3.8, 4) is 11.4 Å². The zero-order valence-corrected chi connectivity index (χ0v) is 24.8. The predicted octanol–water partition coefficient (Wildman–Crippen LogP) is 3.86. The van der Waals surface area contributed by atoms with Crippen molar-refractivity contribution in [2.75, 3.05) is 31.3 Å². The van der Waals surface area contributed by atoms with E-state index in [0.717, 1.165) is 24.6 Å². The smallest absolute Gasteiger partial charge is 0.251 e. The van der Waals surface area contributed by atoms with Crippen molar-refractivity contribution in [1.82, 2.24) is 24.4 Å². The van der Waals surface area contributed by atoms with Crippen molar-refractivity contribution < 1.29 is 27.1 Å². The number of methoxy groups -OCH3 is 1. The lowest BCUT2D eigenvalue weighted by atomic mass is 10.2. The number of carbonyl (C=O) groups is 2. The number of carbonyl (C=O) groups excluding carboxylic acids is 2. The van der Waals surface area contributed by atoms with Crippen LogP contribution >= 0.6 is 11.8 Å². The molecular formula is C29H29FN6O5S2. The molecule has 224 valence electrons. The molecule has 11 nitrogen and oxygen atoms in total. The lowest BCUT2D eigenvalue weighted by molar-refractivity contribution is -0.113. The van der Waals surface area contributed by atoms with E-state index in [1.165, 1.54) is 59.9 Å². The fourth-order valence-corrected chi connectivity index (χ4v) is 6.82. The zero-order chi connectivity index (χ0) is 30.4. The van der Waals surface area contributed by atoms with Gasteiger partial charge < -0.3 is 15.4 Å². The molecule has 1 saturated heterocycles. The highest BCUT2D eigenvalue weighted by molar-refractivity contribution is 7.99. The first-order valence-corrected chi connectivity index (χ1v) is 15.8. The number of thioether (sulfide) groups is 1. The molecule has 14 heteroatoms. The molecule has 1 aliphatic rings. The lowest BCUT2D eigenvalue weighted by Gasteiger charge is -2.15. The van der Waals surface area contributed by atoms with Gasteiger partial charge in [-0.2, -0.15) is 4.31 Å². The molecule has 1 aromatic heterocycles. The van der Waals surface area contributed by atoms with Crippen LogP contribution in [0.4, 0.5) is 10.1 Å². The van der Waals surface area contributed by atoms with Crippen molar-refractivity contribution in [1.29, 1.82) is 0 Å². The van der Waals surface area contributed by atoms with E-state index in [1.807, 2.05) is 12.1 Å². The topological polar surface area (TPSA) is 136 Å². The van der Waals surface area contributed by atoms with Crippen LogP contribution < -0.4 is 15.4 Å². The van der Waals surface area contributed by atoms with Crippen molar-refractivity contribution in [2.45, 2.75) is 29.4 Å². The number of anilines is 1. The molecule has 4 aromatic rings. The summed E-state index contributed by atoms with van der Waals surface area (Å²) in [7, 11) is -2.06. The number of para-hydroxylation sites is 2. The molecule has 0 radical (unpaired) electrons. The number of hydrogen-bond donors (Lipinski definition) is 2. The second kappa shape index (κ2) is 13.4. The number of nitrogens with zero attached hydrogens (tertiary/aromatic N) is 4. The second-order valence-corrected chi connectivity index (χ2v) is 12.4. The number of aromatic nitrogens is 3.